The molecular weight excluding hydrogens is 509 g/mol. The van der Waals surface area contributed by atoms with Crippen molar-refractivity contribution in [2.24, 2.45) is 22.8 Å². The standard InChI is InChI=1S/C26H32ClF3N4O3/c27-16-3-4-17(28)21(22(16)29)23(25-5-7-26(30,13-25)8-6-25)34-24(37)14-10-18(19(35)11-14)33-20(36)12-15(32)2-1-9-31/h1-4,9,14,18-19,23,35H,5-8,10-13,31-32H2,(H,33,36)(H,34,37)/b9-1-,15-2-. The van der Waals surface area contributed by atoms with E-state index in [-0.39, 0.29) is 54.8 Å². The third kappa shape index (κ3) is 5.60. The number of halogens is 4. The Labute approximate surface area is 218 Å². The SMILES string of the molecule is N/C=C\C=C(/N)CC(=O)NC1CC(C(=O)NC(c2c(F)ccc(Cl)c2F)C23CCC(F)(CC2)C3)CC1O. The van der Waals surface area contributed by atoms with Crippen molar-refractivity contribution in [1.82, 2.24) is 10.6 Å². The van der Waals surface area contributed by atoms with Crippen molar-refractivity contribution in [3.8, 4) is 0 Å². The molecule has 0 spiro atoms. The summed E-state index contributed by atoms with van der Waals surface area (Å²) in [5.41, 5.74) is 8.64. The maximum atomic E-state index is 15.1. The van der Waals surface area contributed by atoms with E-state index in [9.17, 15) is 19.1 Å². The van der Waals surface area contributed by atoms with Gasteiger partial charge >= 0.3 is 0 Å². The second kappa shape index (κ2) is 10.6. The number of benzene rings is 1. The first kappa shape index (κ1) is 27.3. The molecule has 1 aromatic rings. The van der Waals surface area contributed by atoms with E-state index in [1.165, 1.54) is 18.4 Å². The van der Waals surface area contributed by atoms with Crippen LogP contribution >= 0.6 is 11.6 Å². The van der Waals surface area contributed by atoms with Crippen molar-refractivity contribution in [2.75, 3.05) is 0 Å². The Morgan fingerprint density at radius 1 is 1.22 bits per heavy atom. The maximum Gasteiger partial charge on any atom is 0.226 e. The van der Waals surface area contributed by atoms with Gasteiger partial charge in [-0.25, -0.2) is 13.2 Å². The predicted molar refractivity (Wildman–Crippen MR) is 132 cm³/mol. The van der Waals surface area contributed by atoms with Gasteiger partial charge in [0.2, 0.25) is 11.8 Å². The lowest BCUT2D eigenvalue weighted by Gasteiger charge is -2.37. The summed E-state index contributed by atoms with van der Waals surface area (Å²) in [5.74, 6) is -3.52. The van der Waals surface area contributed by atoms with Gasteiger partial charge in [0.05, 0.1) is 29.6 Å². The molecule has 2 amide bonds. The first-order valence-electron chi connectivity index (χ1n) is 12.4. The van der Waals surface area contributed by atoms with Crippen LogP contribution in [-0.2, 0) is 9.59 Å². The van der Waals surface area contributed by atoms with E-state index in [4.69, 9.17) is 23.1 Å². The van der Waals surface area contributed by atoms with Crippen molar-refractivity contribution in [3.63, 3.8) is 0 Å². The summed E-state index contributed by atoms with van der Waals surface area (Å²) >= 11 is 5.95. The zero-order valence-electron chi connectivity index (χ0n) is 20.3. The third-order valence-electron chi connectivity index (χ3n) is 8.11. The molecule has 3 fully saturated rings. The van der Waals surface area contributed by atoms with Gasteiger partial charge in [0.15, 0.2) is 0 Å². The molecule has 7 N–H and O–H groups in total. The molecule has 3 aliphatic rings. The molecule has 2 bridgehead atoms. The lowest BCUT2D eigenvalue weighted by molar-refractivity contribution is -0.127. The Morgan fingerprint density at radius 3 is 2.54 bits per heavy atom. The number of nitrogens with one attached hydrogen (secondary N) is 2. The lowest BCUT2D eigenvalue weighted by Crippen LogP contribution is -2.43. The van der Waals surface area contributed by atoms with Crippen LogP contribution in [0.3, 0.4) is 0 Å². The quantitative estimate of drug-likeness (QED) is 0.255. The first-order valence-corrected chi connectivity index (χ1v) is 12.8. The molecule has 0 radical (unpaired) electrons. The topological polar surface area (TPSA) is 130 Å². The summed E-state index contributed by atoms with van der Waals surface area (Å²) < 4.78 is 45.2. The average molecular weight is 541 g/mol. The minimum Gasteiger partial charge on any atom is -0.405 e. The van der Waals surface area contributed by atoms with Gasteiger partial charge in [0.1, 0.15) is 17.3 Å². The van der Waals surface area contributed by atoms with E-state index in [1.54, 1.807) is 0 Å². The van der Waals surface area contributed by atoms with Crippen LogP contribution in [0.2, 0.25) is 5.02 Å². The Balaban J connectivity index is 1.50. The Hall–Kier alpha value is -2.72. The van der Waals surface area contributed by atoms with Crippen LogP contribution in [0, 0.1) is 23.0 Å². The van der Waals surface area contributed by atoms with Crippen LogP contribution in [0.25, 0.3) is 0 Å². The molecular formula is C26H32ClF3N4O3. The molecule has 4 atom stereocenters. The third-order valence-corrected chi connectivity index (χ3v) is 8.40. The molecule has 37 heavy (non-hydrogen) atoms. The number of carbonyl (C=O) groups excluding carboxylic acids is 2. The summed E-state index contributed by atoms with van der Waals surface area (Å²) in [6.45, 7) is 0. The van der Waals surface area contributed by atoms with Gasteiger partial charge in [0, 0.05) is 17.2 Å². The van der Waals surface area contributed by atoms with E-state index < -0.39 is 58.6 Å². The van der Waals surface area contributed by atoms with E-state index in [2.05, 4.69) is 10.6 Å². The van der Waals surface area contributed by atoms with Gasteiger partial charge in [-0.2, -0.15) is 0 Å². The van der Waals surface area contributed by atoms with Gasteiger partial charge in [-0.3, -0.25) is 9.59 Å². The number of hydrogen-bond donors (Lipinski definition) is 5. The fraction of sp³-hybridized carbons (Fsp3) is 0.538. The summed E-state index contributed by atoms with van der Waals surface area (Å²) in [6.07, 6.45) is 4.65. The van der Waals surface area contributed by atoms with Crippen molar-refractivity contribution in [1.29, 1.82) is 0 Å². The van der Waals surface area contributed by atoms with Crippen molar-refractivity contribution < 1.29 is 27.9 Å². The van der Waals surface area contributed by atoms with Gasteiger partial charge in [0.25, 0.3) is 0 Å². The number of allylic oxidation sites excluding steroid dienone is 2. The van der Waals surface area contributed by atoms with Crippen LogP contribution < -0.4 is 22.1 Å². The van der Waals surface area contributed by atoms with Gasteiger partial charge in [-0.15, -0.1) is 0 Å². The zero-order chi connectivity index (χ0) is 27.0. The van der Waals surface area contributed by atoms with Gasteiger partial charge < -0.3 is 27.2 Å². The average Bonchev–Trinajstić information content (AvgIpc) is 3.50. The number of rotatable bonds is 8. The fourth-order valence-electron chi connectivity index (χ4n) is 6.24. The number of carbonyl (C=O) groups is 2. The molecule has 4 unspecified atom stereocenters. The highest BCUT2D eigenvalue weighted by molar-refractivity contribution is 6.30. The largest absolute Gasteiger partial charge is 0.405 e. The highest BCUT2D eigenvalue weighted by Crippen LogP contribution is 2.63. The molecule has 4 rings (SSSR count). The molecule has 202 valence electrons. The number of nitrogens with two attached hydrogens (primary N) is 2. The molecule has 1 aromatic carbocycles. The van der Waals surface area contributed by atoms with Crippen LogP contribution in [0.15, 0.2) is 36.2 Å². The van der Waals surface area contributed by atoms with Gasteiger partial charge in [-0.05, 0) is 80.8 Å². The van der Waals surface area contributed by atoms with Gasteiger partial charge in [-0.1, -0.05) is 11.6 Å². The summed E-state index contributed by atoms with van der Waals surface area (Å²) in [4.78, 5) is 25.7. The van der Waals surface area contributed by atoms with Crippen LogP contribution in [0.1, 0.15) is 63.0 Å². The highest BCUT2D eigenvalue weighted by atomic mass is 35.5. The van der Waals surface area contributed by atoms with E-state index >= 15 is 8.78 Å². The number of alkyl halides is 1. The molecule has 3 saturated carbocycles. The minimum absolute atomic E-state index is 0.0469. The van der Waals surface area contributed by atoms with Crippen LogP contribution in [-0.4, -0.2) is 34.7 Å². The fourth-order valence-corrected chi connectivity index (χ4v) is 6.40. The van der Waals surface area contributed by atoms with E-state index in [0.717, 1.165) is 12.1 Å². The summed E-state index contributed by atoms with van der Waals surface area (Å²) in [7, 11) is 0. The Kier molecular flexibility index (Phi) is 7.80. The summed E-state index contributed by atoms with van der Waals surface area (Å²) in [5, 5.41) is 15.7. The molecule has 0 aliphatic heterocycles. The number of amides is 2. The van der Waals surface area contributed by atoms with Crippen molar-refractivity contribution >= 4 is 23.4 Å². The molecule has 3 aliphatic carbocycles. The Bertz CT molecular complexity index is 1120. The second-order valence-electron chi connectivity index (χ2n) is 10.6. The van der Waals surface area contributed by atoms with Crippen molar-refractivity contribution in [2.45, 2.75) is 75.2 Å². The maximum absolute atomic E-state index is 15.1. The monoisotopic (exact) mass is 540 g/mol. The highest BCUT2D eigenvalue weighted by Gasteiger charge is 2.59. The molecule has 11 heteroatoms. The number of aliphatic hydroxyl groups is 1. The predicted octanol–water partition coefficient (Wildman–Crippen LogP) is 3.41. The summed E-state index contributed by atoms with van der Waals surface area (Å²) in [6, 6.07) is 0.320. The normalized spacial score (nSPS) is 32.1. The van der Waals surface area contributed by atoms with Crippen LogP contribution in [0.4, 0.5) is 13.2 Å². The minimum atomic E-state index is -1.41. The first-order chi connectivity index (χ1) is 17.5. The molecule has 0 aromatic heterocycles. The number of aliphatic hydroxyl groups excluding tert-OH is 1. The Morgan fingerprint density at radius 2 is 1.92 bits per heavy atom. The van der Waals surface area contributed by atoms with Crippen LogP contribution in [0.5, 0.6) is 0 Å². The molecule has 0 heterocycles. The number of fused-ring (bicyclic) bond motifs is 2. The number of hydrogen-bond acceptors (Lipinski definition) is 5. The smallest absolute Gasteiger partial charge is 0.226 e. The zero-order valence-corrected chi connectivity index (χ0v) is 21.0. The molecule has 0 saturated heterocycles. The van der Waals surface area contributed by atoms with E-state index in [1.807, 2.05) is 0 Å². The van der Waals surface area contributed by atoms with Crippen molar-refractivity contribution in [3.05, 3.63) is 58.4 Å². The lowest BCUT2D eigenvalue weighted by atomic mass is 9.74. The van der Waals surface area contributed by atoms with E-state index in [0.29, 0.717) is 12.8 Å². The second-order valence-corrected chi connectivity index (χ2v) is 11.0. The molecule has 7 nitrogen and oxygen atoms in total.